The SMILES string of the molecule is C=CCCc1cc2ccc(OC(F)(F)C3CCC(C=C)CC3)cc2cc1F. The summed E-state index contributed by atoms with van der Waals surface area (Å²) >= 11 is 0. The zero-order chi connectivity index (χ0) is 19.4. The molecule has 0 atom stereocenters. The largest absolute Gasteiger partial charge is 0.432 e. The zero-order valence-corrected chi connectivity index (χ0v) is 15.4. The number of allylic oxidation sites excluding steroid dienone is 2. The van der Waals surface area contributed by atoms with Crippen molar-refractivity contribution in [3.8, 4) is 5.75 Å². The van der Waals surface area contributed by atoms with Crippen molar-refractivity contribution in [1.82, 2.24) is 0 Å². The van der Waals surface area contributed by atoms with Crippen molar-refractivity contribution in [3.63, 3.8) is 0 Å². The Labute approximate surface area is 158 Å². The molecule has 2 aromatic rings. The molecule has 0 aliphatic heterocycles. The number of hydrogen-bond acceptors (Lipinski definition) is 1. The van der Waals surface area contributed by atoms with Crippen LogP contribution in [-0.2, 0) is 6.42 Å². The number of aryl methyl sites for hydroxylation is 1. The van der Waals surface area contributed by atoms with E-state index in [2.05, 4.69) is 13.2 Å². The van der Waals surface area contributed by atoms with Crippen LogP contribution in [0.2, 0.25) is 0 Å². The van der Waals surface area contributed by atoms with Crippen LogP contribution in [0.15, 0.2) is 55.6 Å². The van der Waals surface area contributed by atoms with Crippen LogP contribution in [0.1, 0.15) is 37.7 Å². The highest BCUT2D eigenvalue weighted by molar-refractivity contribution is 5.84. The molecular formula is C23H25F3O. The minimum Gasteiger partial charge on any atom is -0.432 e. The molecule has 4 heteroatoms. The number of ether oxygens (including phenoxy) is 1. The van der Waals surface area contributed by atoms with Crippen LogP contribution in [0.3, 0.4) is 0 Å². The van der Waals surface area contributed by atoms with E-state index in [1.807, 2.05) is 6.08 Å². The monoisotopic (exact) mass is 374 g/mol. The molecule has 0 spiro atoms. The van der Waals surface area contributed by atoms with Gasteiger partial charge in [-0.05, 0) is 85.0 Å². The molecule has 1 aliphatic rings. The van der Waals surface area contributed by atoms with Crippen molar-refractivity contribution < 1.29 is 17.9 Å². The van der Waals surface area contributed by atoms with E-state index in [-0.39, 0.29) is 11.6 Å². The average Bonchev–Trinajstić information content (AvgIpc) is 2.66. The van der Waals surface area contributed by atoms with E-state index in [0.717, 1.165) is 5.39 Å². The standard InChI is InChI=1S/C23H25F3O/c1-3-5-6-18-13-17-9-12-21(14-19(17)15-22(18)24)27-23(25,26)20-10-7-16(4-2)8-11-20/h3-4,9,12-16,20H,1-2,5-8,10-11H2. The van der Waals surface area contributed by atoms with Gasteiger partial charge in [0, 0.05) is 0 Å². The van der Waals surface area contributed by atoms with Gasteiger partial charge in [0.25, 0.3) is 0 Å². The topological polar surface area (TPSA) is 9.23 Å². The highest BCUT2D eigenvalue weighted by Gasteiger charge is 2.43. The van der Waals surface area contributed by atoms with Gasteiger partial charge in [-0.2, -0.15) is 8.78 Å². The highest BCUT2D eigenvalue weighted by atomic mass is 19.3. The number of rotatable bonds is 7. The van der Waals surface area contributed by atoms with Crippen molar-refractivity contribution >= 4 is 10.8 Å². The van der Waals surface area contributed by atoms with Crippen LogP contribution in [0, 0.1) is 17.7 Å². The lowest BCUT2D eigenvalue weighted by Crippen LogP contribution is -2.37. The fourth-order valence-corrected chi connectivity index (χ4v) is 3.74. The maximum Gasteiger partial charge on any atom is 0.400 e. The van der Waals surface area contributed by atoms with E-state index < -0.39 is 12.0 Å². The highest BCUT2D eigenvalue weighted by Crippen LogP contribution is 2.40. The van der Waals surface area contributed by atoms with E-state index in [1.165, 1.54) is 18.2 Å². The fourth-order valence-electron chi connectivity index (χ4n) is 3.74. The third-order valence-electron chi connectivity index (χ3n) is 5.43. The Balaban J connectivity index is 1.76. The third-order valence-corrected chi connectivity index (χ3v) is 5.43. The van der Waals surface area contributed by atoms with Crippen molar-refractivity contribution in [1.29, 1.82) is 0 Å². The Bertz CT molecular complexity index is 820. The van der Waals surface area contributed by atoms with Crippen molar-refractivity contribution in [2.75, 3.05) is 0 Å². The van der Waals surface area contributed by atoms with Crippen LogP contribution in [0.4, 0.5) is 13.2 Å². The molecular weight excluding hydrogens is 349 g/mol. The molecule has 0 heterocycles. The molecule has 0 saturated heterocycles. The first-order chi connectivity index (χ1) is 12.9. The molecule has 0 unspecified atom stereocenters. The van der Waals surface area contributed by atoms with Gasteiger partial charge in [0.1, 0.15) is 11.6 Å². The molecule has 0 bridgehead atoms. The predicted octanol–water partition coefficient (Wildman–Crippen LogP) is 7.06. The Morgan fingerprint density at radius 1 is 1.04 bits per heavy atom. The maximum atomic E-state index is 14.6. The number of hydrogen-bond donors (Lipinski definition) is 0. The van der Waals surface area contributed by atoms with E-state index >= 15 is 0 Å². The van der Waals surface area contributed by atoms with E-state index in [1.54, 1.807) is 18.2 Å². The van der Waals surface area contributed by atoms with E-state index in [9.17, 15) is 13.2 Å². The van der Waals surface area contributed by atoms with Crippen molar-refractivity contribution in [3.05, 3.63) is 67.0 Å². The summed E-state index contributed by atoms with van der Waals surface area (Å²) in [7, 11) is 0. The Morgan fingerprint density at radius 2 is 1.78 bits per heavy atom. The Kier molecular flexibility index (Phi) is 5.93. The molecule has 144 valence electrons. The van der Waals surface area contributed by atoms with Gasteiger partial charge < -0.3 is 4.74 Å². The van der Waals surface area contributed by atoms with E-state index in [4.69, 9.17) is 4.74 Å². The lowest BCUT2D eigenvalue weighted by atomic mass is 9.81. The normalized spacial score (nSPS) is 20.4. The first-order valence-corrected chi connectivity index (χ1v) is 9.45. The Morgan fingerprint density at radius 3 is 2.44 bits per heavy atom. The minimum absolute atomic E-state index is 0.0663. The second-order valence-electron chi connectivity index (χ2n) is 7.29. The second-order valence-corrected chi connectivity index (χ2v) is 7.29. The molecule has 0 aromatic heterocycles. The van der Waals surface area contributed by atoms with Gasteiger partial charge in [0.15, 0.2) is 0 Å². The number of fused-ring (bicyclic) bond motifs is 1. The summed E-state index contributed by atoms with van der Waals surface area (Å²) in [6, 6.07) is 7.85. The smallest absolute Gasteiger partial charge is 0.400 e. The molecule has 0 radical (unpaired) electrons. The van der Waals surface area contributed by atoms with Gasteiger partial charge in [-0.25, -0.2) is 4.39 Å². The van der Waals surface area contributed by atoms with Crippen LogP contribution in [-0.4, -0.2) is 6.11 Å². The molecule has 27 heavy (non-hydrogen) atoms. The van der Waals surface area contributed by atoms with Gasteiger partial charge in [-0.1, -0.05) is 18.2 Å². The first kappa shape index (κ1) is 19.5. The molecule has 1 saturated carbocycles. The third kappa shape index (κ3) is 4.55. The van der Waals surface area contributed by atoms with Gasteiger partial charge in [-0.3, -0.25) is 0 Å². The van der Waals surface area contributed by atoms with Crippen molar-refractivity contribution in [2.45, 2.75) is 44.6 Å². The molecule has 2 aromatic carbocycles. The maximum absolute atomic E-state index is 14.6. The quantitative estimate of drug-likeness (QED) is 0.471. The van der Waals surface area contributed by atoms with Gasteiger partial charge in [0.2, 0.25) is 0 Å². The minimum atomic E-state index is -3.23. The molecule has 0 amide bonds. The van der Waals surface area contributed by atoms with E-state index in [0.29, 0.717) is 55.4 Å². The summed E-state index contributed by atoms with van der Waals surface area (Å²) < 4.78 is 48.5. The molecule has 3 rings (SSSR count). The summed E-state index contributed by atoms with van der Waals surface area (Å²) in [6.07, 6.45) is 3.85. The first-order valence-electron chi connectivity index (χ1n) is 9.45. The zero-order valence-electron chi connectivity index (χ0n) is 15.4. The molecule has 1 fully saturated rings. The summed E-state index contributed by atoms with van der Waals surface area (Å²) in [5.74, 6) is -0.758. The lowest BCUT2D eigenvalue weighted by Gasteiger charge is -2.32. The van der Waals surface area contributed by atoms with Gasteiger partial charge in [0.05, 0.1) is 5.92 Å². The second kappa shape index (κ2) is 8.20. The Hall–Kier alpha value is -2.23. The van der Waals surface area contributed by atoms with Crippen molar-refractivity contribution in [2.24, 2.45) is 11.8 Å². The fraction of sp³-hybridized carbons (Fsp3) is 0.391. The van der Waals surface area contributed by atoms with Gasteiger partial charge in [-0.15, -0.1) is 13.2 Å². The van der Waals surface area contributed by atoms with Crippen LogP contribution in [0.5, 0.6) is 5.75 Å². The molecule has 1 nitrogen and oxygen atoms in total. The summed E-state index contributed by atoms with van der Waals surface area (Å²) in [6.45, 7) is 7.39. The number of benzene rings is 2. The molecule has 0 N–H and O–H groups in total. The van der Waals surface area contributed by atoms with Gasteiger partial charge >= 0.3 is 6.11 Å². The average molecular weight is 374 g/mol. The summed E-state index contributed by atoms with van der Waals surface area (Å²) in [5.41, 5.74) is 0.598. The van der Waals surface area contributed by atoms with Crippen LogP contribution < -0.4 is 4.74 Å². The van der Waals surface area contributed by atoms with Crippen LogP contribution >= 0.6 is 0 Å². The van der Waals surface area contributed by atoms with Crippen LogP contribution in [0.25, 0.3) is 10.8 Å². The predicted molar refractivity (Wildman–Crippen MR) is 104 cm³/mol. The summed E-state index contributed by atoms with van der Waals surface area (Å²) in [4.78, 5) is 0. The number of halogens is 3. The lowest BCUT2D eigenvalue weighted by molar-refractivity contribution is -0.222. The molecule has 1 aliphatic carbocycles. The summed E-state index contributed by atoms with van der Waals surface area (Å²) in [5, 5.41) is 1.36. The number of alkyl halides is 2.